The Morgan fingerprint density at radius 1 is 0.923 bits per heavy atom. The Morgan fingerprint density at radius 2 is 1.58 bits per heavy atom. The maximum atomic E-state index is 12.7. The van der Waals surface area contributed by atoms with E-state index >= 15 is 0 Å². The number of nitrogens with zero attached hydrogens (tertiary/aromatic N) is 2. The van der Waals surface area contributed by atoms with E-state index in [4.69, 9.17) is 4.84 Å². The Kier molecular flexibility index (Phi) is 3.61. The third-order valence-electron chi connectivity index (χ3n) is 4.47. The number of aromatic nitrogens is 1. The first-order valence-corrected chi connectivity index (χ1v) is 8.28. The predicted molar refractivity (Wildman–Crippen MR) is 94.7 cm³/mol. The van der Waals surface area contributed by atoms with Gasteiger partial charge in [-0.25, -0.2) is 4.79 Å². The molecule has 4 rings (SSSR count). The van der Waals surface area contributed by atoms with Crippen molar-refractivity contribution in [2.75, 3.05) is 0 Å². The first-order valence-electron chi connectivity index (χ1n) is 8.28. The number of hydrogen-bond donors (Lipinski definition) is 0. The van der Waals surface area contributed by atoms with Gasteiger partial charge in [0, 0.05) is 23.1 Å². The zero-order chi connectivity index (χ0) is 18.4. The SMILES string of the molecule is CC(C)n1ccc2c(C(=O)ON3C(=O)c4ccccc4C3=O)cccc21. The Labute approximate surface area is 149 Å². The summed E-state index contributed by atoms with van der Waals surface area (Å²) < 4.78 is 2.04. The van der Waals surface area contributed by atoms with Crippen molar-refractivity contribution in [3.05, 3.63) is 71.4 Å². The van der Waals surface area contributed by atoms with E-state index in [0.717, 1.165) is 5.52 Å². The normalized spacial score (nSPS) is 13.6. The molecule has 0 radical (unpaired) electrons. The molecule has 1 aliphatic heterocycles. The van der Waals surface area contributed by atoms with Crippen LogP contribution in [0, 0.1) is 0 Å². The molecule has 1 aliphatic rings. The lowest BCUT2D eigenvalue weighted by Crippen LogP contribution is -2.32. The van der Waals surface area contributed by atoms with Crippen LogP contribution < -0.4 is 0 Å². The molecule has 3 aromatic rings. The molecule has 0 saturated carbocycles. The molecule has 6 nitrogen and oxygen atoms in total. The van der Waals surface area contributed by atoms with Crippen LogP contribution in [0.5, 0.6) is 0 Å². The van der Waals surface area contributed by atoms with Crippen LogP contribution in [0.25, 0.3) is 10.9 Å². The number of hydrogen-bond acceptors (Lipinski definition) is 4. The van der Waals surface area contributed by atoms with Gasteiger partial charge in [0.25, 0.3) is 11.8 Å². The number of hydroxylamine groups is 2. The fourth-order valence-electron chi connectivity index (χ4n) is 3.20. The molecule has 2 heterocycles. The molecule has 0 spiro atoms. The molecule has 130 valence electrons. The number of carbonyl (C=O) groups excluding carboxylic acids is 3. The summed E-state index contributed by atoms with van der Waals surface area (Å²) in [5.74, 6) is -2.01. The lowest BCUT2D eigenvalue weighted by Gasteiger charge is -2.14. The lowest BCUT2D eigenvalue weighted by molar-refractivity contribution is -0.0583. The van der Waals surface area contributed by atoms with Crippen molar-refractivity contribution < 1.29 is 19.2 Å². The van der Waals surface area contributed by atoms with Crippen molar-refractivity contribution in [3.63, 3.8) is 0 Å². The topological polar surface area (TPSA) is 68.6 Å². The average molecular weight is 348 g/mol. The second kappa shape index (κ2) is 5.84. The summed E-state index contributed by atoms with van der Waals surface area (Å²) in [6.07, 6.45) is 1.90. The summed E-state index contributed by atoms with van der Waals surface area (Å²) >= 11 is 0. The first-order chi connectivity index (χ1) is 12.5. The van der Waals surface area contributed by atoms with Crippen molar-refractivity contribution >= 4 is 28.7 Å². The van der Waals surface area contributed by atoms with Gasteiger partial charge in [-0.05, 0) is 44.2 Å². The fraction of sp³-hybridized carbons (Fsp3) is 0.150. The molecule has 6 heteroatoms. The van der Waals surface area contributed by atoms with E-state index < -0.39 is 17.8 Å². The van der Waals surface area contributed by atoms with Crippen molar-refractivity contribution in [3.8, 4) is 0 Å². The summed E-state index contributed by atoms with van der Waals surface area (Å²) in [6, 6.07) is 13.7. The molecular formula is C20H16N2O4. The Balaban J connectivity index is 1.67. The van der Waals surface area contributed by atoms with Crippen LogP contribution in [0.2, 0.25) is 0 Å². The van der Waals surface area contributed by atoms with E-state index in [0.29, 0.717) is 16.0 Å². The van der Waals surface area contributed by atoms with E-state index in [2.05, 4.69) is 0 Å². The minimum atomic E-state index is -0.744. The van der Waals surface area contributed by atoms with Gasteiger partial charge in [0.1, 0.15) is 0 Å². The van der Waals surface area contributed by atoms with Gasteiger partial charge < -0.3 is 9.40 Å². The molecule has 1 aromatic heterocycles. The molecule has 0 unspecified atom stereocenters. The number of fused-ring (bicyclic) bond motifs is 2. The third kappa shape index (κ3) is 2.30. The fourth-order valence-corrected chi connectivity index (χ4v) is 3.20. The Hall–Kier alpha value is -3.41. The van der Waals surface area contributed by atoms with Crippen LogP contribution >= 0.6 is 0 Å². The van der Waals surface area contributed by atoms with Crippen molar-refractivity contribution in [2.45, 2.75) is 19.9 Å². The molecule has 0 atom stereocenters. The Bertz CT molecular complexity index is 1030. The number of imide groups is 1. The highest BCUT2D eigenvalue weighted by Crippen LogP contribution is 2.26. The molecule has 0 N–H and O–H groups in total. The monoisotopic (exact) mass is 348 g/mol. The summed E-state index contributed by atoms with van der Waals surface area (Å²) in [5, 5.41) is 1.24. The molecule has 2 amide bonds. The van der Waals surface area contributed by atoms with Crippen LogP contribution in [0.1, 0.15) is 51.0 Å². The summed E-state index contributed by atoms with van der Waals surface area (Å²) in [4.78, 5) is 42.5. The van der Waals surface area contributed by atoms with Gasteiger partial charge in [-0.2, -0.15) is 0 Å². The molecule has 0 saturated heterocycles. The van der Waals surface area contributed by atoms with Gasteiger partial charge in [-0.3, -0.25) is 9.59 Å². The minimum absolute atomic E-state index is 0.231. The summed E-state index contributed by atoms with van der Waals surface area (Å²) in [5.41, 5.74) is 1.65. The maximum Gasteiger partial charge on any atom is 0.364 e. The van der Waals surface area contributed by atoms with Crippen molar-refractivity contribution in [1.29, 1.82) is 0 Å². The van der Waals surface area contributed by atoms with Gasteiger partial charge in [0.15, 0.2) is 0 Å². The quantitative estimate of drug-likeness (QED) is 0.678. The second-order valence-electron chi connectivity index (χ2n) is 6.38. The lowest BCUT2D eigenvalue weighted by atomic mass is 10.1. The largest absolute Gasteiger partial charge is 0.364 e. The van der Waals surface area contributed by atoms with Crippen molar-refractivity contribution in [1.82, 2.24) is 9.63 Å². The highest BCUT2D eigenvalue weighted by atomic mass is 16.7. The number of benzene rings is 2. The Morgan fingerprint density at radius 3 is 2.19 bits per heavy atom. The van der Waals surface area contributed by atoms with Crippen LogP contribution in [0.3, 0.4) is 0 Å². The van der Waals surface area contributed by atoms with E-state index in [1.807, 2.05) is 36.7 Å². The highest BCUT2D eigenvalue weighted by molar-refractivity contribution is 6.21. The standard InChI is InChI=1S/C20H16N2O4/c1-12(2)21-11-10-13-16(8-5-9-17(13)21)20(25)26-22-18(23)14-6-3-4-7-15(14)19(22)24/h3-12H,1-2H3. The van der Waals surface area contributed by atoms with Crippen molar-refractivity contribution in [2.24, 2.45) is 0 Å². The number of carbonyl (C=O) groups is 3. The number of amides is 2. The van der Waals surface area contributed by atoms with Gasteiger partial charge in [0.2, 0.25) is 0 Å². The van der Waals surface area contributed by atoms with Gasteiger partial charge in [-0.15, -0.1) is 0 Å². The van der Waals surface area contributed by atoms with E-state index in [-0.39, 0.29) is 17.2 Å². The molecular weight excluding hydrogens is 332 g/mol. The van der Waals surface area contributed by atoms with Gasteiger partial charge >= 0.3 is 5.97 Å². The smallest absolute Gasteiger partial charge is 0.345 e. The van der Waals surface area contributed by atoms with Gasteiger partial charge in [0.05, 0.1) is 16.7 Å². The minimum Gasteiger partial charge on any atom is -0.345 e. The number of rotatable bonds is 3. The zero-order valence-corrected chi connectivity index (χ0v) is 14.3. The zero-order valence-electron chi connectivity index (χ0n) is 14.3. The van der Waals surface area contributed by atoms with Crippen LogP contribution in [0.4, 0.5) is 0 Å². The molecule has 2 aromatic carbocycles. The summed E-state index contributed by atoms with van der Waals surface area (Å²) in [6.45, 7) is 4.09. The van der Waals surface area contributed by atoms with Crippen LogP contribution in [-0.4, -0.2) is 27.4 Å². The predicted octanol–water partition coefficient (Wildman–Crippen LogP) is 3.59. The molecule has 0 fully saturated rings. The molecule has 0 bridgehead atoms. The van der Waals surface area contributed by atoms with E-state index in [1.165, 1.54) is 12.1 Å². The summed E-state index contributed by atoms with van der Waals surface area (Å²) in [7, 11) is 0. The van der Waals surface area contributed by atoms with Gasteiger partial charge in [-0.1, -0.05) is 23.3 Å². The first kappa shape index (κ1) is 16.1. The second-order valence-corrected chi connectivity index (χ2v) is 6.38. The molecule has 0 aliphatic carbocycles. The van der Waals surface area contributed by atoms with E-state index in [1.54, 1.807) is 24.3 Å². The highest BCUT2D eigenvalue weighted by Gasteiger charge is 2.39. The third-order valence-corrected chi connectivity index (χ3v) is 4.47. The average Bonchev–Trinajstić information content (AvgIpc) is 3.17. The maximum absolute atomic E-state index is 12.7. The van der Waals surface area contributed by atoms with Crippen LogP contribution in [-0.2, 0) is 4.84 Å². The van der Waals surface area contributed by atoms with Crippen LogP contribution in [0.15, 0.2) is 54.7 Å². The molecule has 26 heavy (non-hydrogen) atoms. The van der Waals surface area contributed by atoms with E-state index in [9.17, 15) is 14.4 Å².